The lowest BCUT2D eigenvalue weighted by Gasteiger charge is -1.97. The molecule has 2 nitrogen and oxygen atoms in total. The molecule has 52 valence electrons. The average molecular weight is 127 g/mol. The number of rotatable bonds is 5. The van der Waals surface area contributed by atoms with Gasteiger partial charge in [-0.3, -0.25) is 0 Å². The fourth-order valence-electron chi connectivity index (χ4n) is 0.502. The monoisotopic (exact) mass is 127 g/mol. The maximum Gasteiger partial charge on any atom is 0.0573 e. The zero-order chi connectivity index (χ0) is 6.95. The highest BCUT2D eigenvalue weighted by molar-refractivity contribution is 4.86. The maximum absolute atomic E-state index is 5.00. The van der Waals surface area contributed by atoms with Crippen molar-refractivity contribution < 1.29 is 4.74 Å². The first kappa shape index (κ1) is 8.48. The summed E-state index contributed by atoms with van der Waals surface area (Å²) in [6.07, 6.45) is 6.03. The Hall–Kier alpha value is -0.520. The maximum atomic E-state index is 5.00. The van der Waals surface area contributed by atoms with Crippen molar-refractivity contribution in [3.8, 4) is 12.3 Å². The molecule has 9 heavy (non-hydrogen) atoms. The second kappa shape index (κ2) is 7.48. The Morgan fingerprint density at radius 2 is 2.44 bits per heavy atom. The van der Waals surface area contributed by atoms with Gasteiger partial charge in [0, 0.05) is 13.7 Å². The zero-order valence-electron chi connectivity index (χ0n) is 5.81. The van der Waals surface area contributed by atoms with Crippen LogP contribution in [0.3, 0.4) is 0 Å². The van der Waals surface area contributed by atoms with Gasteiger partial charge < -0.3 is 10.1 Å². The standard InChI is InChI=1S/C7H13NO/c1-3-5-8-6-4-7-9-2/h1,8H,4-7H2,2H3. The average Bonchev–Trinajstić information content (AvgIpc) is 1.89. The minimum atomic E-state index is 0.656. The molecule has 0 fully saturated rings. The van der Waals surface area contributed by atoms with Crippen molar-refractivity contribution in [1.82, 2.24) is 5.32 Å². The number of terminal acetylenes is 1. The lowest BCUT2D eigenvalue weighted by atomic mass is 10.4. The van der Waals surface area contributed by atoms with E-state index >= 15 is 0 Å². The molecular formula is C7H13NO. The number of ether oxygens (including phenoxy) is 1. The van der Waals surface area contributed by atoms with Crippen LogP contribution < -0.4 is 5.32 Å². The van der Waals surface area contributed by atoms with Gasteiger partial charge in [-0.25, -0.2) is 0 Å². The molecule has 0 heterocycles. The van der Waals surface area contributed by atoms with Crippen LogP contribution in [0.15, 0.2) is 0 Å². The smallest absolute Gasteiger partial charge is 0.0573 e. The Bertz CT molecular complexity index is 85.4. The second-order valence-electron chi connectivity index (χ2n) is 1.73. The topological polar surface area (TPSA) is 21.3 Å². The molecule has 0 aromatic rings. The van der Waals surface area contributed by atoms with Gasteiger partial charge in [0.1, 0.15) is 0 Å². The van der Waals surface area contributed by atoms with Crippen molar-refractivity contribution in [3.63, 3.8) is 0 Å². The van der Waals surface area contributed by atoms with Crippen LogP contribution in [0.5, 0.6) is 0 Å². The van der Waals surface area contributed by atoms with Crippen molar-refractivity contribution in [2.75, 3.05) is 26.8 Å². The summed E-state index contributed by atoms with van der Waals surface area (Å²) < 4.78 is 4.83. The summed E-state index contributed by atoms with van der Waals surface area (Å²) in [6.45, 7) is 2.40. The zero-order valence-corrected chi connectivity index (χ0v) is 5.81. The molecule has 0 amide bonds. The predicted molar refractivity (Wildman–Crippen MR) is 38.2 cm³/mol. The van der Waals surface area contributed by atoms with Gasteiger partial charge in [-0.15, -0.1) is 6.42 Å². The Morgan fingerprint density at radius 3 is 3.00 bits per heavy atom. The van der Waals surface area contributed by atoms with E-state index in [2.05, 4.69) is 11.2 Å². The van der Waals surface area contributed by atoms with E-state index in [1.807, 2.05) is 0 Å². The number of hydrogen-bond donors (Lipinski definition) is 1. The molecule has 1 N–H and O–H groups in total. The van der Waals surface area contributed by atoms with Crippen LogP contribution in [0.2, 0.25) is 0 Å². The predicted octanol–water partition coefficient (Wildman–Crippen LogP) is 0.246. The summed E-state index contributed by atoms with van der Waals surface area (Å²) in [5.41, 5.74) is 0. The second-order valence-corrected chi connectivity index (χ2v) is 1.73. The van der Waals surface area contributed by atoms with Gasteiger partial charge in [0.25, 0.3) is 0 Å². The van der Waals surface area contributed by atoms with E-state index in [0.717, 1.165) is 19.6 Å². The van der Waals surface area contributed by atoms with Gasteiger partial charge in [-0.2, -0.15) is 0 Å². The number of methoxy groups -OCH3 is 1. The van der Waals surface area contributed by atoms with Crippen LogP contribution in [0.1, 0.15) is 6.42 Å². The Morgan fingerprint density at radius 1 is 1.67 bits per heavy atom. The first-order valence-corrected chi connectivity index (χ1v) is 3.05. The van der Waals surface area contributed by atoms with Gasteiger partial charge in [-0.05, 0) is 13.0 Å². The van der Waals surface area contributed by atoms with E-state index in [4.69, 9.17) is 11.2 Å². The molecule has 0 aliphatic carbocycles. The van der Waals surface area contributed by atoms with E-state index < -0.39 is 0 Å². The summed E-state index contributed by atoms with van der Waals surface area (Å²) in [7, 11) is 1.70. The number of hydrogen-bond acceptors (Lipinski definition) is 2. The summed E-state index contributed by atoms with van der Waals surface area (Å²) in [6, 6.07) is 0. The van der Waals surface area contributed by atoms with Crippen molar-refractivity contribution in [2.45, 2.75) is 6.42 Å². The highest BCUT2D eigenvalue weighted by Gasteiger charge is 1.82. The van der Waals surface area contributed by atoms with E-state index in [9.17, 15) is 0 Å². The lowest BCUT2D eigenvalue weighted by Crippen LogP contribution is -2.16. The normalized spacial score (nSPS) is 8.89. The van der Waals surface area contributed by atoms with Crippen LogP contribution >= 0.6 is 0 Å². The lowest BCUT2D eigenvalue weighted by molar-refractivity contribution is 0.194. The molecule has 0 aliphatic rings. The van der Waals surface area contributed by atoms with Crippen LogP contribution in [-0.2, 0) is 4.74 Å². The van der Waals surface area contributed by atoms with Crippen molar-refractivity contribution in [2.24, 2.45) is 0 Å². The highest BCUT2D eigenvalue weighted by Crippen LogP contribution is 1.74. The summed E-state index contributed by atoms with van der Waals surface area (Å²) in [5, 5.41) is 3.05. The molecule has 0 aromatic carbocycles. The minimum Gasteiger partial charge on any atom is -0.385 e. The van der Waals surface area contributed by atoms with Crippen LogP contribution in [0.4, 0.5) is 0 Å². The van der Waals surface area contributed by atoms with Crippen LogP contribution in [0, 0.1) is 12.3 Å². The summed E-state index contributed by atoms with van der Waals surface area (Å²) >= 11 is 0. The van der Waals surface area contributed by atoms with Crippen molar-refractivity contribution in [1.29, 1.82) is 0 Å². The molecule has 0 unspecified atom stereocenters. The Kier molecular flexibility index (Phi) is 7.05. The molecule has 0 bridgehead atoms. The Labute approximate surface area is 56.6 Å². The largest absolute Gasteiger partial charge is 0.385 e. The molecule has 0 saturated heterocycles. The van der Waals surface area contributed by atoms with E-state index in [1.165, 1.54) is 0 Å². The van der Waals surface area contributed by atoms with Gasteiger partial charge in [-0.1, -0.05) is 5.92 Å². The fraction of sp³-hybridized carbons (Fsp3) is 0.714. The van der Waals surface area contributed by atoms with Gasteiger partial charge in [0.05, 0.1) is 6.54 Å². The van der Waals surface area contributed by atoms with Gasteiger partial charge in [0.15, 0.2) is 0 Å². The molecule has 0 spiro atoms. The molecule has 0 radical (unpaired) electrons. The molecule has 0 atom stereocenters. The van der Waals surface area contributed by atoms with E-state index in [0.29, 0.717) is 6.54 Å². The molecule has 0 saturated carbocycles. The Balaban J connectivity index is 2.69. The summed E-state index contributed by atoms with van der Waals surface area (Å²) in [5.74, 6) is 2.49. The van der Waals surface area contributed by atoms with Crippen LogP contribution in [-0.4, -0.2) is 26.8 Å². The molecule has 0 rings (SSSR count). The van der Waals surface area contributed by atoms with E-state index in [-0.39, 0.29) is 0 Å². The molecule has 2 heteroatoms. The molecular weight excluding hydrogens is 114 g/mol. The molecule has 0 aromatic heterocycles. The summed E-state index contributed by atoms with van der Waals surface area (Å²) in [4.78, 5) is 0. The van der Waals surface area contributed by atoms with Gasteiger partial charge >= 0.3 is 0 Å². The molecule has 0 aliphatic heterocycles. The van der Waals surface area contributed by atoms with Gasteiger partial charge in [0.2, 0.25) is 0 Å². The third kappa shape index (κ3) is 7.48. The number of nitrogens with one attached hydrogen (secondary N) is 1. The highest BCUT2D eigenvalue weighted by atomic mass is 16.5. The minimum absolute atomic E-state index is 0.656. The third-order valence-electron chi connectivity index (χ3n) is 0.929. The first-order valence-electron chi connectivity index (χ1n) is 3.05. The van der Waals surface area contributed by atoms with Crippen molar-refractivity contribution >= 4 is 0 Å². The van der Waals surface area contributed by atoms with E-state index in [1.54, 1.807) is 7.11 Å². The van der Waals surface area contributed by atoms with Crippen molar-refractivity contribution in [3.05, 3.63) is 0 Å². The van der Waals surface area contributed by atoms with Crippen LogP contribution in [0.25, 0.3) is 0 Å². The quantitative estimate of drug-likeness (QED) is 0.422. The first-order chi connectivity index (χ1) is 4.41. The SMILES string of the molecule is C#CCNCCCOC. The fourth-order valence-corrected chi connectivity index (χ4v) is 0.502. The third-order valence-corrected chi connectivity index (χ3v) is 0.929.